The van der Waals surface area contributed by atoms with Gasteiger partial charge in [0.15, 0.2) is 11.6 Å². The van der Waals surface area contributed by atoms with Gasteiger partial charge in [-0.1, -0.05) is 41.5 Å². The van der Waals surface area contributed by atoms with E-state index < -0.39 is 52.9 Å². The van der Waals surface area contributed by atoms with E-state index in [9.17, 15) is 24.9 Å². The predicted octanol–water partition coefficient (Wildman–Crippen LogP) is 0.0594. The van der Waals surface area contributed by atoms with Crippen molar-refractivity contribution >= 4 is 11.6 Å². The quantitative estimate of drug-likeness (QED) is 0.435. The van der Waals surface area contributed by atoms with Crippen LogP contribution in [0.15, 0.2) is 0 Å². The van der Waals surface area contributed by atoms with E-state index in [1.165, 1.54) is 0 Å². The van der Waals surface area contributed by atoms with Crippen LogP contribution in [0, 0.1) is 10.8 Å². The summed E-state index contributed by atoms with van der Waals surface area (Å²) >= 11 is 0. The monoisotopic (exact) mass is 569 g/mol. The Labute approximate surface area is 219 Å². The summed E-state index contributed by atoms with van der Waals surface area (Å²) in [5.74, 6) is -0.847. The van der Waals surface area contributed by atoms with Crippen molar-refractivity contribution in [1.29, 1.82) is 0 Å². The molecule has 6 nitrogen and oxygen atoms in total. The van der Waals surface area contributed by atoms with Crippen molar-refractivity contribution in [1.82, 2.24) is 0 Å². The molecular weight excluding hydrogens is 543 g/mol. The van der Waals surface area contributed by atoms with Gasteiger partial charge < -0.3 is 20.1 Å². The Balaban J connectivity index is -0.00000147. The molecule has 1 saturated heterocycles. The number of carbonyl (C=O) groups is 2. The van der Waals surface area contributed by atoms with E-state index in [-0.39, 0.29) is 98.1 Å². The average Bonchev–Trinajstić information content (AvgIpc) is 2.32. The Bertz CT molecular complexity index is 392. The van der Waals surface area contributed by atoms with E-state index in [2.05, 4.69) is 0 Å². The summed E-state index contributed by atoms with van der Waals surface area (Å²) in [6, 6.07) is 0. The minimum atomic E-state index is -1.61. The van der Waals surface area contributed by atoms with Crippen LogP contribution in [-0.4, -0.2) is 57.4 Å². The summed E-state index contributed by atoms with van der Waals surface area (Å²) in [4.78, 5) is 24.6. The van der Waals surface area contributed by atoms with Crippen molar-refractivity contribution in [3.05, 3.63) is 0 Å². The van der Waals surface area contributed by atoms with Gasteiger partial charge in [0.2, 0.25) is 0 Å². The molecule has 1 aliphatic heterocycles. The molecule has 0 amide bonds. The van der Waals surface area contributed by atoms with E-state index in [1.807, 2.05) is 0 Å². The van der Waals surface area contributed by atoms with Gasteiger partial charge in [0, 0.05) is 109 Å². The minimum absolute atomic E-state index is 0. The van der Waals surface area contributed by atoms with E-state index >= 15 is 0 Å². The Morgan fingerprint density at radius 3 is 1.12 bits per heavy atom. The summed E-state index contributed by atoms with van der Waals surface area (Å²) < 4.78 is 5.40. The molecule has 0 spiro atoms. The number of aliphatic hydroxyl groups is 3. The van der Waals surface area contributed by atoms with Crippen LogP contribution in [0.2, 0.25) is 0 Å². The molecule has 131 valence electrons. The van der Waals surface area contributed by atoms with Crippen LogP contribution in [0.1, 0.15) is 41.5 Å². The molecule has 0 aliphatic carbocycles. The Morgan fingerprint density at radius 1 is 0.667 bits per heavy atom. The third-order valence-electron chi connectivity index (χ3n) is 3.61. The molecule has 1 fully saturated rings. The van der Waals surface area contributed by atoms with E-state index in [0.29, 0.717) is 0 Å². The average molecular weight is 569 g/mol. The largest absolute Gasteiger partial charge is 0.387 e. The smallest absolute Gasteiger partial charge is 0.169 e. The summed E-state index contributed by atoms with van der Waals surface area (Å²) in [7, 11) is 0. The number of rotatable bonds is 2. The SMILES string of the molecule is CC(C)(C)C(=O)[C@H]1O[C@@H](C(=O)C(C)(C)C)[C@H](O)C(O)[C@@H]1O.[Y].[Y].[Y]. The van der Waals surface area contributed by atoms with Gasteiger partial charge in [0.05, 0.1) is 0 Å². The third kappa shape index (κ3) is 7.49. The molecule has 1 aliphatic rings. The molecule has 3 N–H and O–H groups in total. The number of hydrogen-bond acceptors (Lipinski definition) is 6. The molecule has 9 heteroatoms. The number of Topliss-reactive ketones (excluding diaryl/α,β-unsaturated/α-hetero) is 2. The molecule has 1 heterocycles. The molecule has 5 atom stereocenters. The molecule has 0 bridgehead atoms. The Kier molecular flexibility index (Phi) is 14.9. The maximum atomic E-state index is 12.3. The number of ketones is 2. The van der Waals surface area contributed by atoms with Crippen LogP contribution in [0.4, 0.5) is 0 Å². The van der Waals surface area contributed by atoms with Crippen LogP contribution < -0.4 is 0 Å². The zero-order valence-corrected chi connectivity index (χ0v) is 23.7. The van der Waals surface area contributed by atoms with Crippen LogP contribution >= 0.6 is 0 Å². The Hall–Kier alpha value is 2.49. The molecular formula is C15H26O6Y3. The summed E-state index contributed by atoms with van der Waals surface area (Å²) in [5, 5.41) is 29.9. The van der Waals surface area contributed by atoms with Crippen LogP contribution in [-0.2, 0) is 112 Å². The second kappa shape index (κ2) is 11.5. The third-order valence-corrected chi connectivity index (χ3v) is 3.61. The number of aliphatic hydroxyl groups excluding tert-OH is 3. The maximum Gasteiger partial charge on any atom is 0.169 e. The molecule has 0 aromatic rings. The first-order valence-electron chi connectivity index (χ1n) is 7.06. The van der Waals surface area contributed by atoms with Gasteiger partial charge in [-0.2, -0.15) is 0 Å². The van der Waals surface area contributed by atoms with Crippen molar-refractivity contribution in [2.24, 2.45) is 10.8 Å². The molecule has 0 aromatic carbocycles. The fourth-order valence-electron chi connectivity index (χ4n) is 2.17. The molecule has 1 unspecified atom stereocenters. The normalized spacial score (nSPS) is 30.3. The van der Waals surface area contributed by atoms with Gasteiger partial charge in [-0.15, -0.1) is 0 Å². The fraction of sp³-hybridized carbons (Fsp3) is 0.867. The summed E-state index contributed by atoms with van der Waals surface area (Å²) in [5.41, 5.74) is -1.61. The molecule has 24 heavy (non-hydrogen) atoms. The number of carbonyl (C=O) groups excluding carboxylic acids is 2. The first kappa shape index (κ1) is 31.2. The van der Waals surface area contributed by atoms with Gasteiger partial charge in [0.25, 0.3) is 0 Å². The first-order chi connectivity index (χ1) is 9.28. The molecule has 3 radical (unpaired) electrons. The van der Waals surface area contributed by atoms with Gasteiger partial charge in [-0.05, 0) is 0 Å². The zero-order chi connectivity index (χ0) is 16.7. The van der Waals surface area contributed by atoms with E-state index in [0.717, 1.165) is 0 Å². The number of ether oxygens (including phenoxy) is 1. The molecule has 1 rings (SSSR count). The van der Waals surface area contributed by atoms with Crippen molar-refractivity contribution in [3.8, 4) is 0 Å². The Morgan fingerprint density at radius 2 is 0.917 bits per heavy atom. The molecule has 0 aromatic heterocycles. The number of hydrogen-bond donors (Lipinski definition) is 3. The fourth-order valence-corrected chi connectivity index (χ4v) is 2.17. The van der Waals surface area contributed by atoms with Crippen molar-refractivity contribution in [2.45, 2.75) is 72.1 Å². The van der Waals surface area contributed by atoms with Crippen molar-refractivity contribution < 1.29 is 128 Å². The predicted molar refractivity (Wildman–Crippen MR) is 75.6 cm³/mol. The van der Waals surface area contributed by atoms with Gasteiger partial charge in [-0.25, -0.2) is 0 Å². The first-order valence-corrected chi connectivity index (χ1v) is 7.06. The van der Waals surface area contributed by atoms with Gasteiger partial charge >= 0.3 is 0 Å². The van der Waals surface area contributed by atoms with Gasteiger partial charge in [0.1, 0.15) is 30.5 Å². The topological polar surface area (TPSA) is 104 Å². The van der Waals surface area contributed by atoms with E-state index in [4.69, 9.17) is 4.74 Å². The second-order valence-electron chi connectivity index (χ2n) is 7.68. The van der Waals surface area contributed by atoms with Crippen LogP contribution in [0.3, 0.4) is 0 Å². The van der Waals surface area contributed by atoms with E-state index in [1.54, 1.807) is 41.5 Å². The van der Waals surface area contributed by atoms with Crippen molar-refractivity contribution in [3.63, 3.8) is 0 Å². The minimum Gasteiger partial charge on any atom is -0.387 e. The summed E-state index contributed by atoms with van der Waals surface area (Å²) in [6.45, 7) is 9.94. The van der Waals surface area contributed by atoms with Crippen molar-refractivity contribution in [2.75, 3.05) is 0 Å². The second-order valence-corrected chi connectivity index (χ2v) is 7.68. The van der Waals surface area contributed by atoms with Crippen LogP contribution in [0.5, 0.6) is 0 Å². The van der Waals surface area contributed by atoms with Crippen LogP contribution in [0.25, 0.3) is 0 Å². The molecule has 0 saturated carbocycles. The van der Waals surface area contributed by atoms with Gasteiger partial charge in [-0.3, -0.25) is 9.59 Å². The zero-order valence-electron chi connectivity index (χ0n) is 15.2. The summed E-state index contributed by atoms with van der Waals surface area (Å²) in [6.07, 6.45) is -7.39. The maximum absolute atomic E-state index is 12.3. The standard InChI is InChI=1S/C15H26O6.3Y/c1-14(2,3)12(19)10-8(17)7(16)9(18)11(21-10)13(20)15(4,5)6;;;/h7-11,16-18H,1-6H3;;;/t7?,8-,9+,10-,11+;;;.